The van der Waals surface area contributed by atoms with Crippen LogP contribution in [0.25, 0.3) is 133 Å². The maximum absolute atomic E-state index is 5.18. The summed E-state index contributed by atoms with van der Waals surface area (Å²) < 4.78 is 0. The van der Waals surface area contributed by atoms with E-state index in [0.717, 1.165) is 55.7 Å². The summed E-state index contributed by atoms with van der Waals surface area (Å²) in [5.74, 6) is 0.695. The van der Waals surface area contributed by atoms with Crippen LogP contribution in [0.3, 0.4) is 0 Å². The van der Waals surface area contributed by atoms with Gasteiger partial charge in [0, 0.05) is 28.3 Å². The van der Waals surface area contributed by atoms with Gasteiger partial charge in [0.25, 0.3) is 0 Å². The largest absolute Gasteiger partial charge is 0.256 e. The topological polar surface area (TPSA) is 38.7 Å². The molecule has 0 aliphatic heterocycles. The third kappa shape index (κ3) is 6.17. The SMILES string of the molecule is c1ccc(-c2nc(-c3ccc(-c4ccnc5ccccc45)cc3)cc(-c3ccc(-c4ccc5c6c(cccc46)-c4c-5c(-c5ccccc5)c5ccccc5c4-c4ccccc4)cc3)n2)cc1. The van der Waals surface area contributed by atoms with Crippen LogP contribution in [0.15, 0.2) is 237 Å². The number of nitrogens with zero attached hydrogens (tertiary/aromatic N) is 3. The second kappa shape index (κ2) is 15.5. The van der Waals surface area contributed by atoms with Crippen molar-refractivity contribution in [1.29, 1.82) is 0 Å². The molecule has 0 spiro atoms. The summed E-state index contributed by atoms with van der Waals surface area (Å²) in [7, 11) is 0. The first-order chi connectivity index (χ1) is 32.7. The molecule has 2 heterocycles. The van der Waals surface area contributed by atoms with Gasteiger partial charge >= 0.3 is 0 Å². The fourth-order valence-electron chi connectivity index (χ4n) is 10.3. The molecule has 2 aromatic heterocycles. The molecule has 0 saturated heterocycles. The van der Waals surface area contributed by atoms with Crippen LogP contribution >= 0.6 is 0 Å². The lowest BCUT2D eigenvalue weighted by atomic mass is 9.82. The van der Waals surface area contributed by atoms with Gasteiger partial charge in [-0.15, -0.1) is 0 Å². The molecule has 1 aliphatic rings. The van der Waals surface area contributed by atoms with Crippen molar-refractivity contribution in [3.05, 3.63) is 237 Å². The number of aromatic nitrogens is 3. The van der Waals surface area contributed by atoms with Gasteiger partial charge < -0.3 is 0 Å². The van der Waals surface area contributed by atoms with Gasteiger partial charge in [-0.25, -0.2) is 9.97 Å². The molecule has 13 rings (SSSR count). The van der Waals surface area contributed by atoms with Gasteiger partial charge in [-0.05, 0) is 107 Å². The van der Waals surface area contributed by atoms with Crippen molar-refractivity contribution in [3.8, 4) is 101 Å². The Morgan fingerprint density at radius 3 is 1.27 bits per heavy atom. The van der Waals surface area contributed by atoms with Crippen LogP contribution in [-0.4, -0.2) is 15.0 Å². The summed E-state index contributed by atoms with van der Waals surface area (Å²) in [6.07, 6.45) is 1.88. The van der Waals surface area contributed by atoms with E-state index in [1.807, 2.05) is 30.5 Å². The molecule has 306 valence electrons. The maximum Gasteiger partial charge on any atom is 0.160 e. The first kappa shape index (κ1) is 37.7. The summed E-state index contributed by atoms with van der Waals surface area (Å²) in [4.78, 5) is 14.9. The van der Waals surface area contributed by atoms with Gasteiger partial charge in [0.05, 0.1) is 16.9 Å². The zero-order valence-electron chi connectivity index (χ0n) is 35.9. The molecular weight excluding hydrogens is 799 g/mol. The summed E-state index contributed by atoms with van der Waals surface area (Å²) in [5.41, 5.74) is 20.6. The fraction of sp³-hybridized carbons (Fsp3) is 0. The summed E-state index contributed by atoms with van der Waals surface area (Å²) in [6, 6.07) is 82.7. The molecule has 3 heteroatoms. The van der Waals surface area contributed by atoms with Gasteiger partial charge in [-0.2, -0.15) is 0 Å². The highest BCUT2D eigenvalue weighted by Gasteiger charge is 2.31. The van der Waals surface area contributed by atoms with Gasteiger partial charge in [0.1, 0.15) is 0 Å². The van der Waals surface area contributed by atoms with E-state index in [1.165, 1.54) is 71.6 Å². The molecule has 0 bridgehead atoms. The normalized spacial score (nSPS) is 11.6. The van der Waals surface area contributed by atoms with Crippen LogP contribution in [0, 0.1) is 0 Å². The third-order valence-electron chi connectivity index (χ3n) is 13.3. The number of fused-ring (bicyclic) bond motifs is 5. The van der Waals surface area contributed by atoms with Crippen molar-refractivity contribution in [3.63, 3.8) is 0 Å². The lowest BCUT2D eigenvalue weighted by molar-refractivity contribution is 1.18. The van der Waals surface area contributed by atoms with Crippen LogP contribution in [0.1, 0.15) is 0 Å². The van der Waals surface area contributed by atoms with Crippen molar-refractivity contribution < 1.29 is 0 Å². The fourth-order valence-corrected chi connectivity index (χ4v) is 10.3. The Hall–Kier alpha value is -8.79. The van der Waals surface area contributed by atoms with Crippen LogP contribution in [0.2, 0.25) is 0 Å². The predicted octanol–water partition coefficient (Wildman–Crippen LogP) is 16.6. The van der Waals surface area contributed by atoms with E-state index in [-0.39, 0.29) is 0 Å². The van der Waals surface area contributed by atoms with Crippen molar-refractivity contribution >= 4 is 32.4 Å². The average molecular weight is 838 g/mol. The molecule has 0 atom stereocenters. The minimum atomic E-state index is 0.695. The van der Waals surface area contributed by atoms with Crippen LogP contribution < -0.4 is 0 Å². The van der Waals surface area contributed by atoms with Gasteiger partial charge in [0.2, 0.25) is 0 Å². The summed E-state index contributed by atoms with van der Waals surface area (Å²) >= 11 is 0. The zero-order chi connectivity index (χ0) is 43.6. The van der Waals surface area contributed by atoms with E-state index in [0.29, 0.717) is 5.82 Å². The Morgan fingerprint density at radius 1 is 0.258 bits per heavy atom. The molecule has 12 aromatic rings. The van der Waals surface area contributed by atoms with E-state index in [4.69, 9.17) is 9.97 Å². The Morgan fingerprint density at radius 2 is 0.697 bits per heavy atom. The number of hydrogen-bond acceptors (Lipinski definition) is 3. The number of rotatable bonds is 7. The monoisotopic (exact) mass is 837 g/mol. The smallest absolute Gasteiger partial charge is 0.160 e. The maximum atomic E-state index is 5.18. The van der Waals surface area contributed by atoms with Crippen molar-refractivity contribution in [2.75, 3.05) is 0 Å². The summed E-state index contributed by atoms with van der Waals surface area (Å²) in [6.45, 7) is 0. The molecule has 3 nitrogen and oxygen atoms in total. The highest BCUT2D eigenvalue weighted by atomic mass is 14.9. The molecule has 0 unspecified atom stereocenters. The highest BCUT2D eigenvalue weighted by Crippen LogP contribution is 2.58. The number of para-hydroxylation sites is 1. The second-order valence-electron chi connectivity index (χ2n) is 17.0. The van der Waals surface area contributed by atoms with Crippen LogP contribution in [0.4, 0.5) is 0 Å². The molecule has 0 saturated carbocycles. The van der Waals surface area contributed by atoms with Crippen LogP contribution in [-0.2, 0) is 0 Å². The first-order valence-electron chi connectivity index (χ1n) is 22.5. The minimum Gasteiger partial charge on any atom is -0.256 e. The quantitative estimate of drug-likeness (QED) is 0.160. The highest BCUT2D eigenvalue weighted by molar-refractivity contribution is 6.28. The standard InChI is InChI=1S/C63H39N3/c1-4-15-44(16-5-1)58-51-22-10-11-23-52(51)59(45-17-6-2-7-18-45)62-54-36-35-47(50-24-14-25-53(60(50)54)61(58)62)40-27-31-42(32-28-40)56-39-57(66-63(65-56)46-19-8-3-9-20-46)43-33-29-41(30-34-43)48-37-38-64-55-26-13-12-21-49(48)55/h1-39H. The molecular formula is C63H39N3. The molecule has 0 radical (unpaired) electrons. The molecule has 10 aromatic carbocycles. The van der Waals surface area contributed by atoms with Gasteiger partial charge in [-0.3, -0.25) is 4.98 Å². The number of hydrogen-bond donors (Lipinski definition) is 0. The zero-order valence-corrected chi connectivity index (χ0v) is 35.9. The Labute approximate surface area is 383 Å². The number of benzene rings is 10. The third-order valence-corrected chi connectivity index (χ3v) is 13.3. The molecule has 1 aliphatic carbocycles. The van der Waals surface area contributed by atoms with Crippen molar-refractivity contribution in [1.82, 2.24) is 15.0 Å². The molecule has 0 fully saturated rings. The minimum absolute atomic E-state index is 0.695. The molecule has 0 amide bonds. The second-order valence-corrected chi connectivity index (χ2v) is 17.0. The van der Waals surface area contributed by atoms with Crippen molar-refractivity contribution in [2.24, 2.45) is 0 Å². The molecule has 66 heavy (non-hydrogen) atoms. The van der Waals surface area contributed by atoms with E-state index >= 15 is 0 Å². The lowest BCUT2D eigenvalue weighted by Crippen LogP contribution is -1.96. The summed E-state index contributed by atoms with van der Waals surface area (Å²) in [5, 5.41) is 6.21. The van der Waals surface area contributed by atoms with E-state index in [9.17, 15) is 0 Å². The van der Waals surface area contributed by atoms with Crippen LogP contribution in [0.5, 0.6) is 0 Å². The van der Waals surface area contributed by atoms with Crippen molar-refractivity contribution in [2.45, 2.75) is 0 Å². The number of pyridine rings is 1. The first-order valence-corrected chi connectivity index (χ1v) is 22.5. The van der Waals surface area contributed by atoms with E-state index < -0.39 is 0 Å². The van der Waals surface area contributed by atoms with E-state index in [2.05, 4.69) is 211 Å². The lowest BCUT2D eigenvalue weighted by Gasteiger charge is -2.20. The Bertz CT molecular complexity index is 3730. The van der Waals surface area contributed by atoms with Gasteiger partial charge in [-0.1, -0.05) is 212 Å². The Kier molecular flexibility index (Phi) is 8.85. The Balaban J connectivity index is 0.927. The predicted molar refractivity (Wildman–Crippen MR) is 275 cm³/mol. The van der Waals surface area contributed by atoms with E-state index in [1.54, 1.807) is 0 Å². The average Bonchev–Trinajstić information content (AvgIpc) is 3.73. The molecule has 0 N–H and O–H groups in total. The van der Waals surface area contributed by atoms with Gasteiger partial charge in [0.15, 0.2) is 5.82 Å².